The van der Waals surface area contributed by atoms with Gasteiger partial charge in [-0.05, 0) is 30.4 Å². The Morgan fingerprint density at radius 3 is 2.45 bits per heavy atom. The normalized spacial score (nSPS) is 22.0. The molecule has 1 aliphatic rings. The van der Waals surface area contributed by atoms with Gasteiger partial charge in [0, 0.05) is 20.1 Å². The zero-order valence-corrected chi connectivity index (χ0v) is 16.1. The predicted octanol–water partition coefficient (Wildman–Crippen LogP) is 3.24. The first-order chi connectivity index (χ1) is 10.2. The second-order valence-electron chi connectivity index (χ2n) is 5.99. The molecule has 1 aromatic carbocycles. The molecule has 124 valence electrons. The molecule has 22 heavy (non-hydrogen) atoms. The molecular formula is C17H28IN3O. The van der Waals surface area contributed by atoms with Crippen molar-refractivity contribution < 1.29 is 4.74 Å². The van der Waals surface area contributed by atoms with Crippen LogP contribution in [0.25, 0.3) is 0 Å². The van der Waals surface area contributed by atoms with Crippen molar-refractivity contribution in [1.29, 1.82) is 0 Å². The second-order valence-corrected chi connectivity index (χ2v) is 5.99. The minimum absolute atomic E-state index is 0. The Morgan fingerprint density at radius 1 is 1.23 bits per heavy atom. The highest BCUT2D eigenvalue weighted by atomic mass is 127. The van der Waals surface area contributed by atoms with Crippen molar-refractivity contribution >= 4 is 29.9 Å². The van der Waals surface area contributed by atoms with Crippen molar-refractivity contribution in [2.24, 2.45) is 16.8 Å². The van der Waals surface area contributed by atoms with Gasteiger partial charge in [0.1, 0.15) is 12.4 Å². The summed E-state index contributed by atoms with van der Waals surface area (Å²) in [6.45, 7) is 8.21. The van der Waals surface area contributed by atoms with Gasteiger partial charge in [-0.1, -0.05) is 32.0 Å². The molecule has 1 N–H and O–H groups in total. The molecular weight excluding hydrogens is 389 g/mol. The molecule has 2 unspecified atom stereocenters. The van der Waals surface area contributed by atoms with E-state index in [9.17, 15) is 0 Å². The maximum absolute atomic E-state index is 5.69. The summed E-state index contributed by atoms with van der Waals surface area (Å²) in [4.78, 5) is 6.76. The lowest BCUT2D eigenvalue weighted by atomic mass is 9.92. The third-order valence-electron chi connectivity index (χ3n) is 3.78. The number of piperidine rings is 1. The highest BCUT2D eigenvalue weighted by molar-refractivity contribution is 14.0. The van der Waals surface area contributed by atoms with E-state index >= 15 is 0 Å². The number of para-hydroxylation sites is 1. The first-order valence-electron chi connectivity index (χ1n) is 7.82. The summed E-state index contributed by atoms with van der Waals surface area (Å²) < 4.78 is 5.69. The highest BCUT2D eigenvalue weighted by Crippen LogP contribution is 2.20. The molecule has 0 radical (unpaired) electrons. The number of hydrogen-bond acceptors (Lipinski definition) is 2. The lowest BCUT2D eigenvalue weighted by Gasteiger charge is -2.37. The van der Waals surface area contributed by atoms with E-state index in [2.05, 4.69) is 29.1 Å². The Bertz CT molecular complexity index is 442. The fraction of sp³-hybridized carbons (Fsp3) is 0.588. The molecule has 0 saturated carbocycles. The van der Waals surface area contributed by atoms with Gasteiger partial charge in [-0.2, -0.15) is 0 Å². The monoisotopic (exact) mass is 417 g/mol. The van der Waals surface area contributed by atoms with Crippen molar-refractivity contribution in [3.63, 3.8) is 0 Å². The van der Waals surface area contributed by atoms with Crippen LogP contribution in [0.4, 0.5) is 0 Å². The SMILES string of the molecule is CN=C(NCCOc1ccccc1)N1CC(C)CC(C)C1.I. The van der Waals surface area contributed by atoms with Crippen LogP contribution < -0.4 is 10.1 Å². The molecule has 1 heterocycles. The number of benzene rings is 1. The fourth-order valence-corrected chi connectivity index (χ4v) is 3.02. The molecule has 5 heteroatoms. The smallest absolute Gasteiger partial charge is 0.193 e. The molecule has 2 rings (SSSR count). The van der Waals surface area contributed by atoms with E-state index in [0.29, 0.717) is 6.61 Å². The molecule has 2 atom stereocenters. The number of rotatable bonds is 4. The molecule has 1 aliphatic heterocycles. The lowest BCUT2D eigenvalue weighted by molar-refractivity contribution is 0.207. The number of halogens is 1. The van der Waals surface area contributed by atoms with Crippen molar-refractivity contribution in [2.45, 2.75) is 20.3 Å². The third-order valence-corrected chi connectivity index (χ3v) is 3.78. The molecule has 0 spiro atoms. The second kappa shape index (κ2) is 9.92. The van der Waals surface area contributed by atoms with E-state index in [0.717, 1.165) is 43.2 Å². The number of nitrogens with one attached hydrogen (secondary N) is 1. The van der Waals surface area contributed by atoms with Crippen LogP contribution in [0.15, 0.2) is 35.3 Å². The molecule has 0 amide bonds. The van der Waals surface area contributed by atoms with Crippen LogP contribution in [-0.4, -0.2) is 44.1 Å². The summed E-state index contributed by atoms with van der Waals surface area (Å²) >= 11 is 0. The van der Waals surface area contributed by atoms with Crippen molar-refractivity contribution in [2.75, 3.05) is 33.3 Å². The van der Waals surface area contributed by atoms with Gasteiger partial charge in [-0.25, -0.2) is 0 Å². The molecule has 0 aromatic heterocycles. The summed E-state index contributed by atoms with van der Waals surface area (Å²) in [6.07, 6.45) is 1.31. The van der Waals surface area contributed by atoms with Crippen LogP contribution in [0.5, 0.6) is 5.75 Å². The van der Waals surface area contributed by atoms with Crippen LogP contribution in [0.3, 0.4) is 0 Å². The quantitative estimate of drug-likeness (QED) is 0.354. The molecule has 1 aromatic rings. The Labute approximate surface area is 151 Å². The van der Waals surface area contributed by atoms with Gasteiger partial charge in [0.25, 0.3) is 0 Å². The maximum atomic E-state index is 5.69. The number of hydrogen-bond donors (Lipinski definition) is 1. The van der Waals surface area contributed by atoms with Crippen LogP contribution >= 0.6 is 24.0 Å². The number of guanidine groups is 1. The van der Waals surface area contributed by atoms with E-state index in [4.69, 9.17) is 4.74 Å². The van der Waals surface area contributed by atoms with Gasteiger partial charge in [0.15, 0.2) is 5.96 Å². The van der Waals surface area contributed by atoms with Gasteiger partial charge in [0.05, 0.1) is 6.54 Å². The van der Waals surface area contributed by atoms with Crippen LogP contribution in [0, 0.1) is 11.8 Å². The Morgan fingerprint density at radius 2 is 1.86 bits per heavy atom. The average Bonchev–Trinajstić information content (AvgIpc) is 2.47. The van der Waals surface area contributed by atoms with Gasteiger partial charge in [0.2, 0.25) is 0 Å². The largest absolute Gasteiger partial charge is 0.492 e. The Hall–Kier alpha value is -0.980. The van der Waals surface area contributed by atoms with E-state index in [1.807, 2.05) is 37.4 Å². The van der Waals surface area contributed by atoms with Crippen molar-refractivity contribution in [1.82, 2.24) is 10.2 Å². The number of ether oxygens (including phenoxy) is 1. The predicted molar refractivity (Wildman–Crippen MR) is 103 cm³/mol. The van der Waals surface area contributed by atoms with E-state index in [1.165, 1.54) is 6.42 Å². The van der Waals surface area contributed by atoms with Gasteiger partial charge in [-0.15, -0.1) is 24.0 Å². The maximum Gasteiger partial charge on any atom is 0.193 e. The lowest BCUT2D eigenvalue weighted by Crippen LogP contribution is -2.49. The summed E-state index contributed by atoms with van der Waals surface area (Å²) in [5, 5.41) is 3.40. The number of aliphatic imine (C=N–C) groups is 1. The Kier molecular flexibility index (Phi) is 8.60. The minimum Gasteiger partial charge on any atom is -0.492 e. The summed E-state index contributed by atoms with van der Waals surface area (Å²) in [5.74, 6) is 3.36. The highest BCUT2D eigenvalue weighted by Gasteiger charge is 2.23. The molecule has 4 nitrogen and oxygen atoms in total. The van der Waals surface area contributed by atoms with Crippen LogP contribution in [-0.2, 0) is 0 Å². The summed E-state index contributed by atoms with van der Waals surface area (Å²) in [5.41, 5.74) is 0. The van der Waals surface area contributed by atoms with Crippen LogP contribution in [0.2, 0.25) is 0 Å². The number of nitrogens with zero attached hydrogens (tertiary/aromatic N) is 2. The standard InChI is InChI=1S/C17H27N3O.HI/c1-14-11-15(2)13-20(12-14)17(18-3)19-9-10-21-16-7-5-4-6-8-16;/h4-8,14-15H,9-13H2,1-3H3,(H,18,19);1H. The average molecular weight is 417 g/mol. The molecule has 1 fully saturated rings. The molecule has 0 bridgehead atoms. The first-order valence-corrected chi connectivity index (χ1v) is 7.82. The first kappa shape index (κ1) is 19.1. The van der Waals surface area contributed by atoms with E-state index < -0.39 is 0 Å². The van der Waals surface area contributed by atoms with Gasteiger partial charge < -0.3 is 15.0 Å². The van der Waals surface area contributed by atoms with Crippen molar-refractivity contribution in [3.8, 4) is 5.75 Å². The van der Waals surface area contributed by atoms with Crippen molar-refractivity contribution in [3.05, 3.63) is 30.3 Å². The van der Waals surface area contributed by atoms with Gasteiger partial charge >= 0.3 is 0 Å². The minimum atomic E-state index is 0. The van der Waals surface area contributed by atoms with E-state index in [-0.39, 0.29) is 24.0 Å². The third kappa shape index (κ3) is 6.02. The number of likely N-dealkylation sites (tertiary alicyclic amines) is 1. The topological polar surface area (TPSA) is 36.9 Å². The van der Waals surface area contributed by atoms with Gasteiger partial charge in [-0.3, -0.25) is 4.99 Å². The summed E-state index contributed by atoms with van der Waals surface area (Å²) in [7, 11) is 1.85. The van der Waals surface area contributed by atoms with E-state index in [1.54, 1.807) is 0 Å². The fourth-order valence-electron chi connectivity index (χ4n) is 3.02. The molecule has 0 aliphatic carbocycles. The zero-order valence-electron chi connectivity index (χ0n) is 13.8. The van der Waals surface area contributed by atoms with Crippen LogP contribution in [0.1, 0.15) is 20.3 Å². The Balaban J connectivity index is 0.00000242. The summed E-state index contributed by atoms with van der Waals surface area (Å²) in [6, 6.07) is 9.91. The zero-order chi connectivity index (χ0) is 15.1. The molecule has 1 saturated heterocycles.